The molecule has 3 rings (SSSR count). The highest BCUT2D eigenvalue weighted by Gasteiger charge is 2.23. The molecule has 7 heteroatoms. The van der Waals surface area contributed by atoms with Crippen LogP contribution in [0.5, 0.6) is 5.75 Å². The molecule has 140 valence electrons. The van der Waals surface area contributed by atoms with E-state index in [0.717, 1.165) is 12.8 Å². The summed E-state index contributed by atoms with van der Waals surface area (Å²) in [6.45, 7) is -2.95. The molecule has 0 aromatic heterocycles. The smallest absolute Gasteiger partial charge is 0.387 e. The first kappa shape index (κ1) is 18.6. The number of rotatable bonds is 7. The molecular formula is C20H18F2N2O3. The highest BCUT2D eigenvalue weighted by molar-refractivity contribution is 6.03. The van der Waals surface area contributed by atoms with Gasteiger partial charge in [0.25, 0.3) is 5.91 Å². The zero-order valence-corrected chi connectivity index (χ0v) is 14.3. The Morgan fingerprint density at radius 3 is 2.63 bits per heavy atom. The normalized spacial score (nSPS) is 13.6. The van der Waals surface area contributed by atoms with Crippen molar-refractivity contribution in [3.63, 3.8) is 0 Å². The maximum Gasteiger partial charge on any atom is 0.387 e. The van der Waals surface area contributed by atoms with Crippen LogP contribution in [0.15, 0.2) is 54.6 Å². The van der Waals surface area contributed by atoms with Crippen molar-refractivity contribution in [1.82, 2.24) is 5.32 Å². The predicted molar refractivity (Wildman–Crippen MR) is 97.7 cm³/mol. The summed E-state index contributed by atoms with van der Waals surface area (Å²) in [6, 6.07) is 13.0. The number of halogens is 2. The Hall–Kier alpha value is -3.22. The molecule has 1 saturated carbocycles. The van der Waals surface area contributed by atoms with Gasteiger partial charge in [-0.15, -0.1) is 0 Å². The van der Waals surface area contributed by atoms with E-state index in [2.05, 4.69) is 15.4 Å². The molecule has 27 heavy (non-hydrogen) atoms. The number of carbonyl (C=O) groups is 2. The molecule has 0 bridgehead atoms. The minimum atomic E-state index is -2.95. The van der Waals surface area contributed by atoms with E-state index < -0.39 is 12.5 Å². The number of ether oxygens (including phenoxy) is 1. The Morgan fingerprint density at radius 2 is 1.89 bits per heavy atom. The third-order valence-corrected chi connectivity index (χ3v) is 3.85. The number of hydrogen-bond donors (Lipinski definition) is 2. The molecule has 5 nitrogen and oxygen atoms in total. The van der Waals surface area contributed by atoms with Crippen LogP contribution >= 0.6 is 0 Å². The highest BCUT2D eigenvalue weighted by atomic mass is 19.3. The third kappa shape index (κ3) is 5.64. The zero-order valence-electron chi connectivity index (χ0n) is 14.3. The fourth-order valence-corrected chi connectivity index (χ4v) is 2.41. The quantitative estimate of drug-likeness (QED) is 0.726. The topological polar surface area (TPSA) is 67.4 Å². The summed E-state index contributed by atoms with van der Waals surface area (Å²) in [4.78, 5) is 24.2. The van der Waals surface area contributed by atoms with Gasteiger partial charge in [0, 0.05) is 28.9 Å². The second-order valence-electron chi connectivity index (χ2n) is 6.07. The SMILES string of the molecule is O=C(/C=C/c1ccccc1OC(F)F)Nc1cccc(C(=O)NC2CC2)c1. The number of anilines is 1. The summed E-state index contributed by atoms with van der Waals surface area (Å²) >= 11 is 0. The summed E-state index contributed by atoms with van der Waals surface area (Å²) in [6.07, 6.45) is 4.58. The summed E-state index contributed by atoms with van der Waals surface area (Å²) in [7, 11) is 0. The van der Waals surface area contributed by atoms with Crippen LogP contribution in [-0.2, 0) is 4.79 Å². The first-order valence-corrected chi connectivity index (χ1v) is 8.45. The Kier molecular flexibility index (Phi) is 5.80. The molecule has 2 aromatic carbocycles. The lowest BCUT2D eigenvalue weighted by Gasteiger charge is -2.08. The minimum Gasteiger partial charge on any atom is -0.434 e. The van der Waals surface area contributed by atoms with Gasteiger partial charge in [0.2, 0.25) is 5.91 Å². The van der Waals surface area contributed by atoms with Crippen molar-refractivity contribution in [3.8, 4) is 5.75 Å². The van der Waals surface area contributed by atoms with Gasteiger partial charge in [0.05, 0.1) is 0 Å². The van der Waals surface area contributed by atoms with Gasteiger partial charge in [0.15, 0.2) is 0 Å². The lowest BCUT2D eigenvalue weighted by atomic mass is 10.1. The van der Waals surface area contributed by atoms with Crippen LogP contribution in [0.25, 0.3) is 6.08 Å². The van der Waals surface area contributed by atoms with Crippen LogP contribution in [0.3, 0.4) is 0 Å². The number of alkyl halides is 2. The van der Waals surface area contributed by atoms with Crippen molar-refractivity contribution in [2.45, 2.75) is 25.5 Å². The van der Waals surface area contributed by atoms with E-state index in [1.54, 1.807) is 42.5 Å². The molecule has 2 N–H and O–H groups in total. The van der Waals surface area contributed by atoms with Crippen molar-refractivity contribution in [1.29, 1.82) is 0 Å². The molecule has 1 aliphatic rings. The lowest BCUT2D eigenvalue weighted by Crippen LogP contribution is -2.25. The van der Waals surface area contributed by atoms with Crippen molar-refractivity contribution >= 4 is 23.6 Å². The Balaban J connectivity index is 1.64. The number of benzene rings is 2. The van der Waals surface area contributed by atoms with E-state index in [1.165, 1.54) is 18.2 Å². The van der Waals surface area contributed by atoms with Crippen LogP contribution in [-0.4, -0.2) is 24.5 Å². The molecule has 0 aliphatic heterocycles. The second kappa shape index (κ2) is 8.44. The van der Waals surface area contributed by atoms with E-state index >= 15 is 0 Å². The zero-order chi connectivity index (χ0) is 19.2. The van der Waals surface area contributed by atoms with Crippen molar-refractivity contribution in [3.05, 3.63) is 65.7 Å². The summed E-state index contributed by atoms with van der Waals surface area (Å²) in [5.41, 5.74) is 1.27. The van der Waals surface area contributed by atoms with Gasteiger partial charge in [0.1, 0.15) is 5.75 Å². The molecule has 1 fully saturated rings. The number of carbonyl (C=O) groups excluding carboxylic acids is 2. The molecule has 0 spiro atoms. The van der Waals surface area contributed by atoms with Crippen LogP contribution in [0.4, 0.5) is 14.5 Å². The highest BCUT2D eigenvalue weighted by Crippen LogP contribution is 2.22. The molecule has 0 unspecified atom stereocenters. The van der Waals surface area contributed by atoms with Crippen LogP contribution < -0.4 is 15.4 Å². The maximum atomic E-state index is 12.4. The van der Waals surface area contributed by atoms with E-state index in [1.807, 2.05) is 0 Å². The van der Waals surface area contributed by atoms with Gasteiger partial charge in [-0.05, 0) is 43.2 Å². The number of hydrogen-bond acceptors (Lipinski definition) is 3. The molecule has 0 atom stereocenters. The largest absolute Gasteiger partial charge is 0.434 e. The van der Waals surface area contributed by atoms with Crippen LogP contribution in [0.2, 0.25) is 0 Å². The number of para-hydroxylation sites is 1. The molecular weight excluding hydrogens is 354 g/mol. The lowest BCUT2D eigenvalue weighted by molar-refractivity contribution is -0.111. The molecule has 0 saturated heterocycles. The number of amides is 2. The Labute approximate surface area is 155 Å². The van der Waals surface area contributed by atoms with Crippen molar-refractivity contribution < 1.29 is 23.1 Å². The average molecular weight is 372 g/mol. The average Bonchev–Trinajstić information content (AvgIpc) is 3.45. The van der Waals surface area contributed by atoms with Gasteiger partial charge in [-0.25, -0.2) is 0 Å². The molecule has 2 amide bonds. The standard InChI is InChI=1S/C20H18F2N2O3/c21-20(22)27-17-7-2-1-4-13(17)8-11-18(25)23-16-6-3-5-14(12-16)19(26)24-15-9-10-15/h1-8,11-12,15,20H,9-10H2,(H,23,25)(H,24,26)/b11-8+. The van der Waals surface area contributed by atoms with Crippen LogP contribution in [0.1, 0.15) is 28.8 Å². The van der Waals surface area contributed by atoms with E-state index in [0.29, 0.717) is 16.8 Å². The van der Waals surface area contributed by atoms with E-state index in [-0.39, 0.29) is 17.7 Å². The summed E-state index contributed by atoms with van der Waals surface area (Å²) < 4.78 is 29.2. The number of nitrogens with one attached hydrogen (secondary N) is 2. The fourth-order valence-electron chi connectivity index (χ4n) is 2.41. The summed E-state index contributed by atoms with van der Waals surface area (Å²) in [5.74, 6) is -0.654. The maximum absolute atomic E-state index is 12.4. The minimum absolute atomic E-state index is 0.0182. The van der Waals surface area contributed by atoms with E-state index in [4.69, 9.17) is 0 Å². The Morgan fingerprint density at radius 1 is 1.11 bits per heavy atom. The van der Waals surface area contributed by atoms with Gasteiger partial charge < -0.3 is 15.4 Å². The molecule has 2 aromatic rings. The van der Waals surface area contributed by atoms with Crippen molar-refractivity contribution in [2.75, 3.05) is 5.32 Å². The summed E-state index contributed by atoms with van der Waals surface area (Å²) in [5, 5.41) is 5.52. The monoisotopic (exact) mass is 372 g/mol. The van der Waals surface area contributed by atoms with Gasteiger partial charge in [-0.3, -0.25) is 9.59 Å². The van der Waals surface area contributed by atoms with Gasteiger partial charge in [-0.2, -0.15) is 8.78 Å². The van der Waals surface area contributed by atoms with Crippen molar-refractivity contribution in [2.24, 2.45) is 0 Å². The molecule has 0 heterocycles. The van der Waals surface area contributed by atoms with Gasteiger partial charge in [-0.1, -0.05) is 24.3 Å². The van der Waals surface area contributed by atoms with E-state index in [9.17, 15) is 18.4 Å². The molecule has 0 radical (unpaired) electrons. The molecule has 1 aliphatic carbocycles. The second-order valence-corrected chi connectivity index (χ2v) is 6.07. The first-order chi connectivity index (χ1) is 13.0. The third-order valence-electron chi connectivity index (χ3n) is 3.85. The predicted octanol–water partition coefficient (Wildman–Crippen LogP) is 3.83. The van der Waals surface area contributed by atoms with Crippen LogP contribution in [0, 0.1) is 0 Å². The first-order valence-electron chi connectivity index (χ1n) is 8.45. The Bertz CT molecular complexity index is 864. The van der Waals surface area contributed by atoms with Gasteiger partial charge >= 0.3 is 6.61 Å². The fraction of sp³-hybridized carbons (Fsp3) is 0.200.